The second-order valence-electron chi connectivity index (χ2n) is 6.63. The number of sulfonamides is 1. The summed E-state index contributed by atoms with van der Waals surface area (Å²) in [7, 11) is -3.79. The Morgan fingerprint density at radius 3 is 2.33 bits per heavy atom. The van der Waals surface area contributed by atoms with E-state index in [1.54, 1.807) is 26.0 Å². The SMILES string of the molecule is Cc1noc(NS(=O)(=O)c2ccc(Nc3cc(-c4ccccc4)ncn3)cc2)c1C. The molecule has 0 saturated carbocycles. The molecule has 0 spiro atoms. The fourth-order valence-electron chi connectivity index (χ4n) is 2.75. The average molecular weight is 421 g/mol. The molecule has 4 aromatic rings. The number of benzene rings is 2. The van der Waals surface area contributed by atoms with Crippen LogP contribution in [0.1, 0.15) is 11.3 Å². The zero-order chi connectivity index (χ0) is 21.1. The largest absolute Gasteiger partial charge is 0.340 e. The van der Waals surface area contributed by atoms with Crippen LogP contribution >= 0.6 is 0 Å². The van der Waals surface area contributed by atoms with Gasteiger partial charge in [0.2, 0.25) is 5.88 Å². The highest BCUT2D eigenvalue weighted by Crippen LogP contribution is 2.24. The second-order valence-corrected chi connectivity index (χ2v) is 8.31. The van der Waals surface area contributed by atoms with Crippen LogP contribution in [-0.4, -0.2) is 23.5 Å². The van der Waals surface area contributed by atoms with E-state index in [0.29, 0.717) is 22.8 Å². The molecule has 0 bridgehead atoms. The normalized spacial score (nSPS) is 11.3. The van der Waals surface area contributed by atoms with Gasteiger partial charge in [-0.05, 0) is 38.1 Å². The highest BCUT2D eigenvalue weighted by molar-refractivity contribution is 7.92. The molecule has 0 aliphatic rings. The first kappa shape index (κ1) is 19.6. The predicted molar refractivity (Wildman–Crippen MR) is 114 cm³/mol. The van der Waals surface area contributed by atoms with Crippen LogP contribution in [0.3, 0.4) is 0 Å². The number of anilines is 3. The van der Waals surface area contributed by atoms with Gasteiger partial charge in [0.25, 0.3) is 10.0 Å². The molecule has 0 amide bonds. The van der Waals surface area contributed by atoms with Crippen molar-refractivity contribution in [1.82, 2.24) is 15.1 Å². The number of nitrogens with zero attached hydrogens (tertiary/aromatic N) is 3. The topological polar surface area (TPSA) is 110 Å². The van der Waals surface area contributed by atoms with Crippen molar-refractivity contribution >= 4 is 27.4 Å². The summed E-state index contributed by atoms with van der Waals surface area (Å²) in [5, 5.41) is 6.92. The summed E-state index contributed by atoms with van der Waals surface area (Å²) >= 11 is 0. The minimum Gasteiger partial charge on any atom is -0.340 e. The van der Waals surface area contributed by atoms with Crippen LogP contribution in [0.15, 0.2) is 76.4 Å². The Hall–Kier alpha value is -3.72. The molecule has 2 aromatic carbocycles. The highest BCUT2D eigenvalue weighted by atomic mass is 32.2. The molecule has 2 N–H and O–H groups in total. The first-order valence-electron chi connectivity index (χ1n) is 9.12. The van der Waals surface area contributed by atoms with Gasteiger partial charge in [-0.1, -0.05) is 35.5 Å². The van der Waals surface area contributed by atoms with Crippen molar-refractivity contribution in [3.63, 3.8) is 0 Å². The molecule has 30 heavy (non-hydrogen) atoms. The third kappa shape index (κ3) is 4.15. The maximum absolute atomic E-state index is 12.6. The van der Waals surface area contributed by atoms with Crippen LogP contribution in [0.5, 0.6) is 0 Å². The van der Waals surface area contributed by atoms with Crippen LogP contribution in [0.25, 0.3) is 11.3 Å². The molecule has 0 aliphatic carbocycles. The van der Waals surface area contributed by atoms with Gasteiger partial charge < -0.3 is 9.84 Å². The summed E-state index contributed by atoms with van der Waals surface area (Å²) in [4.78, 5) is 8.63. The van der Waals surface area contributed by atoms with E-state index in [9.17, 15) is 8.42 Å². The molecule has 2 aromatic heterocycles. The van der Waals surface area contributed by atoms with E-state index in [1.807, 2.05) is 36.4 Å². The van der Waals surface area contributed by atoms with Gasteiger partial charge in [-0.25, -0.2) is 23.1 Å². The molecule has 4 rings (SSSR count). The number of rotatable bonds is 6. The molecule has 9 heteroatoms. The number of hydrogen-bond donors (Lipinski definition) is 2. The lowest BCUT2D eigenvalue weighted by Gasteiger charge is -2.09. The summed E-state index contributed by atoms with van der Waals surface area (Å²) in [6, 6.07) is 17.9. The molecule has 0 unspecified atom stereocenters. The molecular formula is C21H19N5O3S. The maximum atomic E-state index is 12.6. The van der Waals surface area contributed by atoms with Gasteiger partial charge in [-0.2, -0.15) is 0 Å². The molecule has 0 fully saturated rings. The Labute approximate surface area is 174 Å². The monoisotopic (exact) mass is 421 g/mol. The predicted octanol–water partition coefficient (Wildman–Crippen LogP) is 4.29. The van der Waals surface area contributed by atoms with Gasteiger partial charge in [-0.3, -0.25) is 0 Å². The Morgan fingerprint density at radius 1 is 0.933 bits per heavy atom. The number of nitrogens with one attached hydrogen (secondary N) is 2. The molecule has 0 radical (unpaired) electrons. The fraction of sp³-hybridized carbons (Fsp3) is 0.0952. The van der Waals surface area contributed by atoms with E-state index in [4.69, 9.17) is 4.52 Å². The lowest BCUT2D eigenvalue weighted by atomic mass is 10.1. The maximum Gasteiger partial charge on any atom is 0.264 e. The molecule has 8 nitrogen and oxygen atoms in total. The summed E-state index contributed by atoms with van der Waals surface area (Å²) in [5.41, 5.74) is 3.74. The molecular weight excluding hydrogens is 402 g/mol. The lowest BCUT2D eigenvalue weighted by molar-refractivity contribution is 0.430. The number of aryl methyl sites for hydroxylation is 1. The number of aromatic nitrogens is 3. The Balaban J connectivity index is 1.51. The van der Waals surface area contributed by atoms with E-state index in [0.717, 1.165) is 11.3 Å². The van der Waals surface area contributed by atoms with E-state index >= 15 is 0 Å². The van der Waals surface area contributed by atoms with Crippen LogP contribution in [0.2, 0.25) is 0 Å². The van der Waals surface area contributed by atoms with Crippen molar-refractivity contribution in [2.75, 3.05) is 10.0 Å². The Morgan fingerprint density at radius 2 is 1.67 bits per heavy atom. The van der Waals surface area contributed by atoms with Gasteiger partial charge in [0.15, 0.2) is 0 Å². The van der Waals surface area contributed by atoms with Crippen LogP contribution in [-0.2, 0) is 10.0 Å². The van der Waals surface area contributed by atoms with Crippen molar-refractivity contribution in [3.8, 4) is 11.3 Å². The molecule has 152 valence electrons. The number of hydrogen-bond acceptors (Lipinski definition) is 7. The molecule has 0 aliphatic heterocycles. The van der Waals surface area contributed by atoms with E-state index in [1.165, 1.54) is 18.5 Å². The van der Waals surface area contributed by atoms with Gasteiger partial charge >= 0.3 is 0 Å². The molecule has 2 heterocycles. The van der Waals surface area contributed by atoms with Crippen LogP contribution in [0.4, 0.5) is 17.4 Å². The quantitative estimate of drug-likeness (QED) is 0.478. The highest BCUT2D eigenvalue weighted by Gasteiger charge is 2.19. The summed E-state index contributed by atoms with van der Waals surface area (Å²) in [5.74, 6) is 0.717. The van der Waals surface area contributed by atoms with Crippen molar-refractivity contribution in [2.45, 2.75) is 18.7 Å². The lowest BCUT2D eigenvalue weighted by Crippen LogP contribution is -2.13. The summed E-state index contributed by atoms with van der Waals surface area (Å²) < 4.78 is 32.6. The minimum atomic E-state index is -3.79. The average Bonchev–Trinajstić information content (AvgIpc) is 3.07. The smallest absolute Gasteiger partial charge is 0.264 e. The fourth-order valence-corrected chi connectivity index (χ4v) is 3.80. The van der Waals surface area contributed by atoms with Crippen molar-refractivity contribution in [3.05, 3.63) is 78.2 Å². The third-order valence-electron chi connectivity index (χ3n) is 4.56. The van der Waals surface area contributed by atoms with E-state index in [2.05, 4.69) is 25.2 Å². The van der Waals surface area contributed by atoms with Crippen LogP contribution < -0.4 is 10.0 Å². The zero-order valence-corrected chi connectivity index (χ0v) is 17.1. The first-order chi connectivity index (χ1) is 14.4. The molecule has 0 saturated heterocycles. The van der Waals surface area contributed by atoms with Crippen molar-refractivity contribution in [1.29, 1.82) is 0 Å². The zero-order valence-electron chi connectivity index (χ0n) is 16.3. The molecule has 0 atom stereocenters. The van der Waals surface area contributed by atoms with Crippen molar-refractivity contribution < 1.29 is 12.9 Å². The Bertz CT molecular complexity index is 1270. The van der Waals surface area contributed by atoms with Gasteiger partial charge in [0.05, 0.1) is 16.3 Å². The first-order valence-corrected chi connectivity index (χ1v) is 10.6. The van der Waals surface area contributed by atoms with E-state index in [-0.39, 0.29) is 10.8 Å². The van der Waals surface area contributed by atoms with Gasteiger partial charge in [-0.15, -0.1) is 0 Å². The minimum absolute atomic E-state index is 0.106. The van der Waals surface area contributed by atoms with E-state index < -0.39 is 10.0 Å². The standard InChI is InChI=1S/C21H19N5O3S/c1-14-15(2)25-29-21(14)26-30(27,28)18-10-8-17(9-11-18)24-20-12-19(22-13-23-20)16-6-4-3-5-7-16/h3-13,26H,1-2H3,(H,22,23,24). The Kier molecular flexibility index (Phi) is 5.20. The summed E-state index contributed by atoms with van der Waals surface area (Å²) in [6.45, 7) is 3.48. The van der Waals surface area contributed by atoms with Gasteiger partial charge in [0.1, 0.15) is 12.1 Å². The third-order valence-corrected chi connectivity index (χ3v) is 5.90. The van der Waals surface area contributed by atoms with Crippen molar-refractivity contribution in [2.24, 2.45) is 0 Å². The second kappa shape index (κ2) is 7.96. The summed E-state index contributed by atoms with van der Waals surface area (Å²) in [6.07, 6.45) is 1.48. The van der Waals surface area contributed by atoms with Gasteiger partial charge in [0, 0.05) is 22.9 Å². The van der Waals surface area contributed by atoms with Crippen LogP contribution in [0, 0.1) is 13.8 Å².